The molecule has 0 radical (unpaired) electrons. The molecule has 0 spiro atoms. The molecule has 0 fully saturated rings. The van der Waals surface area contributed by atoms with Crippen LogP contribution in [-0.2, 0) is 16.9 Å². The molecule has 4 rings (SSSR count). The molecule has 0 unspecified atom stereocenters. The number of halogens is 1. The molecule has 0 saturated heterocycles. The normalized spacial score (nSPS) is 12.9. The van der Waals surface area contributed by atoms with E-state index in [0.29, 0.717) is 0 Å². The summed E-state index contributed by atoms with van der Waals surface area (Å²) in [4.78, 5) is 0. The quantitative estimate of drug-likeness (QED) is 0.332. The summed E-state index contributed by atoms with van der Waals surface area (Å²) in [5.41, 5.74) is 7.15. The summed E-state index contributed by atoms with van der Waals surface area (Å²) in [6, 6.07) is 19.9. The topological polar surface area (TPSA) is 57.2 Å². The van der Waals surface area contributed by atoms with E-state index in [0.717, 1.165) is 6.42 Å². The lowest BCUT2D eigenvalue weighted by Gasteiger charge is -2.21. The van der Waals surface area contributed by atoms with Crippen molar-refractivity contribution in [3.8, 4) is 11.1 Å². The van der Waals surface area contributed by atoms with Gasteiger partial charge >= 0.3 is 0 Å². The van der Waals surface area contributed by atoms with Crippen molar-refractivity contribution in [1.29, 1.82) is 0 Å². The maximum absolute atomic E-state index is 10.1. The summed E-state index contributed by atoms with van der Waals surface area (Å²) in [6.45, 7) is 4.51. The molecule has 128 valence electrons. The van der Waals surface area contributed by atoms with Crippen LogP contribution in [0.2, 0.25) is 0 Å². The Morgan fingerprint density at radius 2 is 1.68 bits per heavy atom. The molecule has 25 heavy (non-hydrogen) atoms. The Morgan fingerprint density at radius 3 is 2.40 bits per heavy atom. The number of rotatable bonds is 0. The number of hydrogen-bond acceptors (Lipinski definition) is 3. The molecular formula is C20H17FO3S. The molecule has 1 aliphatic rings. The van der Waals surface area contributed by atoms with E-state index in [2.05, 4.69) is 68.4 Å². The summed E-state index contributed by atoms with van der Waals surface area (Å²) in [6.07, 6.45) is 1.07. The predicted octanol–water partition coefficient (Wildman–Crippen LogP) is 4.73. The Labute approximate surface area is 147 Å². The maximum Gasteiger partial charge on any atom is 0.255 e. The second kappa shape index (κ2) is 6.50. The molecular weight excluding hydrogens is 339 g/mol. The highest BCUT2D eigenvalue weighted by Crippen LogP contribution is 2.44. The Hall–Kier alpha value is -2.37. The van der Waals surface area contributed by atoms with E-state index >= 15 is 0 Å². The van der Waals surface area contributed by atoms with E-state index < -0.39 is 10.5 Å². The first-order valence-corrected chi connectivity index (χ1v) is 9.15. The van der Waals surface area contributed by atoms with Gasteiger partial charge in [-0.2, -0.15) is 0 Å². The first-order valence-electron chi connectivity index (χ1n) is 7.84. The molecule has 0 bridgehead atoms. The number of aryl methyl sites for hydroxylation is 1. The number of fused-ring (bicyclic) bond motifs is 5. The van der Waals surface area contributed by atoms with Crippen LogP contribution >= 0.6 is 0 Å². The average Bonchev–Trinajstić information content (AvgIpc) is 2.52. The van der Waals surface area contributed by atoms with Crippen molar-refractivity contribution in [1.82, 2.24) is 0 Å². The standard InChI is InChI=1S/C20H17.FHO3S/c1-13-11-15-7-3-5-9-17(15)20-18-10-6-4-8-16(18)12-14(2)19(13)20;1-5(2,3)4/h3-11H,12H2,1-2H3;(H,2,3,4)/q+1;/p-1. The summed E-state index contributed by atoms with van der Waals surface area (Å²) in [5.74, 6) is 1.49. The van der Waals surface area contributed by atoms with E-state index in [-0.39, 0.29) is 0 Å². The molecule has 1 aliphatic carbocycles. The van der Waals surface area contributed by atoms with Crippen molar-refractivity contribution in [2.24, 2.45) is 0 Å². The third kappa shape index (κ3) is 3.67. The fourth-order valence-corrected chi connectivity index (χ4v) is 3.61. The first-order chi connectivity index (χ1) is 11.8. The summed E-state index contributed by atoms with van der Waals surface area (Å²) < 4.78 is 35.3. The lowest BCUT2D eigenvalue weighted by atomic mass is 9.76. The Bertz CT molecular complexity index is 1030. The van der Waals surface area contributed by atoms with Gasteiger partial charge in [0, 0.05) is 48.6 Å². The molecule has 0 aromatic heterocycles. The van der Waals surface area contributed by atoms with Crippen molar-refractivity contribution >= 4 is 21.3 Å². The molecule has 0 saturated carbocycles. The average molecular weight is 356 g/mol. The van der Waals surface area contributed by atoms with Crippen LogP contribution in [0.5, 0.6) is 0 Å². The lowest BCUT2D eigenvalue weighted by Crippen LogP contribution is -2.11. The highest BCUT2D eigenvalue weighted by atomic mass is 32.3. The highest BCUT2D eigenvalue weighted by Gasteiger charge is 2.32. The summed E-state index contributed by atoms with van der Waals surface area (Å²) in [7, 11) is -5.42. The van der Waals surface area contributed by atoms with Gasteiger partial charge in [-0.3, -0.25) is 0 Å². The fraction of sp³-hybridized carbons (Fsp3) is 0.150. The van der Waals surface area contributed by atoms with Crippen LogP contribution in [0.4, 0.5) is 3.89 Å². The summed E-state index contributed by atoms with van der Waals surface area (Å²) >= 11 is 0. The Kier molecular flexibility index (Phi) is 4.54. The molecule has 3 aromatic rings. The van der Waals surface area contributed by atoms with Crippen LogP contribution in [0.1, 0.15) is 23.6 Å². The van der Waals surface area contributed by atoms with E-state index in [1.165, 1.54) is 44.5 Å². The van der Waals surface area contributed by atoms with Gasteiger partial charge in [-0.15, -0.1) is 3.89 Å². The van der Waals surface area contributed by atoms with E-state index in [1.54, 1.807) is 0 Å². The molecule has 3 nitrogen and oxygen atoms in total. The second-order valence-corrected chi connectivity index (χ2v) is 6.96. The van der Waals surface area contributed by atoms with Gasteiger partial charge < -0.3 is 4.55 Å². The minimum absolute atomic E-state index is 1.07. The van der Waals surface area contributed by atoms with Crippen LogP contribution in [-0.4, -0.2) is 13.0 Å². The van der Waals surface area contributed by atoms with Crippen molar-refractivity contribution < 1.29 is 16.9 Å². The Morgan fingerprint density at radius 1 is 1.08 bits per heavy atom. The smallest absolute Gasteiger partial charge is 0.255 e. The zero-order valence-corrected chi connectivity index (χ0v) is 14.7. The van der Waals surface area contributed by atoms with Crippen LogP contribution in [0.25, 0.3) is 21.9 Å². The lowest BCUT2D eigenvalue weighted by molar-refractivity contribution is 0.417. The van der Waals surface area contributed by atoms with Crippen molar-refractivity contribution in [2.75, 3.05) is 0 Å². The maximum atomic E-state index is 10.1. The molecule has 0 heterocycles. The first kappa shape index (κ1) is 17.5. The second-order valence-electron chi connectivity index (χ2n) is 6.17. The SMILES string of the molecule is Cc1cc2ccccc2c2c1[C+](C)Cc1ccccc1-2.O=S(=O)([O-])F. The van der Waals surface area contributed by atoms with Crippen molar-refractivity contribution in [2.45, 2.75) is 20.3 Å². The van der Waals surface area contributed by atoms with Gasteiger partial charge in [0.05, 0.1) is 11.1 Å². The molecule has 0 atom stereocenters. The van der Waals surface area contributed by atoms with Gasteiger partial charge in [0.1, 0.15) is 5.56 Å². The summed E-state index contributed by atoms with van der Waals surface area (Å²) in [5, 5.41) is 2.72. The fourth-order valence-electron chi connectivity index (χ4n) is 3.61. The van der Waals surface area contributed by atoms with Crippen molar-refractivity contribution in [3.05, 3.63) is 77.2 Å². The molecule has 3 aromatic carbocycles. The van der Waals surface area contributed by atoms with Gasteiger partial charge in [-0.1, -0.05) is 36.4 Å². The van der Waals surface area contributed by atoms with Gasteiger partial charge in [-0.25, -0.2) is 8.42 Å². The van der Waals surface area contributed by atoms with Crippen LogP contribution in [0.3, 0.4) is 0 Å². The van der Waals surface area contributed by atoms with E-state index in [9.17, 15) is 3.89 Å². The van der Waals surface area contributed by atoms with Gasteiger partial charge in [0.2, 0.25) is 0 Å². The van der Waals surface area contributed by atoms with Gasteiger partial charge in [-0.05, 0) is 17.7 Å². The minimum atomic E-state index is -5.42. The van der Waals surface area contributed by atoms with Crippen molar-refractivity contribution in [3.63, 3.8) is 0 Å². The van der Waals surface area contributed by atoms with Crippen LogP contribution in [0, 0.1) is 12.8 Å². The molecule has 5 heteroatoms. The molecule has 0 aliphatic heterocycles. The number of benzene rings is 3. The van der Waals surface area contributed by atoms with Crippen LogP contribution < -0.4 is 0 Å². The van der Waals surface area contributed by atoms with Gasteiger partial charge in [0.15, 0.2) is 0 Å². The van der Waals surface area contributed by atoms with Crippen LogP contribution in [0.15, 0.2) is 54.6 Å². The number of hydrogen-bond donors (Lipinski definition) is 0. The monoisotopic (exact) mass is 356 g/mol. The van der Waals surface area contributed by atoms with E-state index in [4.69, 9.17) is 13.0 Å². The Balaban J connectivity index is 0.000000324. The molecule has 0 amide bonds. The predicted molar refractivity (Wildman–Crippen MR) is 96.6 cm³/mol. The zero-order valence-electron chi connectivity index (χ0n) is 13.9. The largest absolute Gasteiger partial charge is 0.722 e. The third-order valence-electron chi connectivity index (χ3n) is 4.42. The highest BCUT2D eigenvalue weighted by molar-refractivity contribution is 7.80. The minimum Gasteiger partial charge on any atom is -0.722 e. The third-order valence-corrected chi connectivity index (χ3v) is 4.42. The van der Waals surface area contributed by atoms with Gasteiger partial charge in [0.25, 0.3) is 10.5 Å². The van der Waals surface area contributed by atoms with E-state index in [1.807, 2.05) is 0 Å². The molecule has 0 N–H and O–H groups in total. The zero-order chi connectivity index (χ0) is 18.2.